The standard InChI is InChI=1S/C11H16O3S/c1-3-8(4-2)6-14-9-5-10(11(12)13)15-7-9/h5,7-8H,3-4,6H2,1-2H3,(H,12,13). The number of carboxylic acids is 1. The maximum Gasteiger partial charge on any atom is 0.346 e. The molecule has 4 heteroatoms. The molecule has 0 aromatic carbocycles. The van der Waals surface area contributed by atoms with E-state index in [1.165, 1.54) is 11.3 Å². The van der Waals surface area contributed by atoms with E-state index in [9.17, 15) is 4.79 Å². The summed E-state index contributed by atoms with van der Waals surface area (Å²) < 4.78 is 5.53. The molecule has 0 amide bonds. The third-order valence-corrected chi connectivity index (χ3v) is 3.32. The quantitative estimate of drug-likeness (QED) is 0.812. The van der Waals surface area contributed by atoms with Gasteiger partial charge in [-0.3, -0.25) is 0 Å². The van der Waals surface area contributed by atoms with Crippen LogP contribution in [-0.2, 0) is 0 Å². The second kappa shape index (κ2) is 5.75. The van der Waals surface area contributed by atoms with Crippen molar-refractivity contribution in [2.75, 3.05) is 6.61 Å². The molecule has 1 N–H and O–H groups in total. The van der Waals surface area contributed by atoms with Gasteiger partial charge in [0.05, 0.1) is 6.61 Å². The zero-order valence-corrected chi connectivity index (χ0v) is 9.84. The van der Waals surface area contributed by atoms with Gasteiger partial charge >= 0.3 is 5.97 Å². The first-order valence-corrected chi connectivity index (χ1v) is 5.99. The SMILES string of the molecule is CCC(CC)COc1csc(C(=O)O)c1. The fourth-order valence-corrected chi connectivity index (χ4v) is 1.91. The van der Waals surface area contributed by atoms with Crippen LogP contribution in [0.5, 0.6) is 5.75 Å². The van der Waals surface area contributed by atoms with Gasteiger partial charge in [0.1, 0.15) is 10.6 Å². The predicted octanol–water partition coefficient (Wildman–Crippen LogP) is 3.26. The molecule has 15 heavy (non-hydrogen) atoms. The maximum atomic E-state index is 10.6. The molecule has 1 aromatic heterocycles. The summed E-state index contributed by atoms with van der Waals surface area (Å²) in [7, 11) is 0. The zero-order chi connectivity index (χ0) is 11.3. The summed E-state index contributed by atoms with van der Waals surface area (Å²) in [5.41, 5.74) is 0. The van der Waals surface area contributed by atoms with Crippen LogP contribution in [0.2, 0.25) is 0 Å². The number of rotatable bonds is 6. The topological polar surface area (TPSA) is 46.5 Å². The van der Waals surface area contributed by atoms with Gasteiger partial charge in [-0.25, -0.2) is 4.79 Å². The van der Waals surface area contributed by atoms with Gasteiger partial charge in [-0.05, 0) is 5.92 Å². The van der Waals surface area contributed by atoms with Crippen molar-refractivity contribution in [3.63, 3.8) is 0 Å². The highest BCUT2D eigenvalue weighted by molar-refractivity contribution is 7.12. The number of hydrogen-bond donors (Lipinski definition) is 1. The number of carbonyl (C=O) groups is 1. The summed E-state index contributed by atoms with van der Waals surface area (Å²) in [6.07, 6.45) is 2.18. The van der Waals surface area contributed by atoms with E-state index in [0.717, 1.165) is 12.8 Å². The van der Waals surface area contributed by atoms with Crippen molar-refractivity contribution in [2.24, 2.45) is 5.92 Å². The average molecular weight is 228 g/mol. The molecule has 0 bridgehead atoms. The van der Waals surface area contributed by atoms with Crippen LogP contribution >= 0.6 is 11.3 Å². The normalized spacial score (nSPS) is 10.6. The van der Waals surface area contributed by atoms with Crippen molar-refractivity contribution >= 4 is 17.3 Å². The Morgan fingerprint density at radius 1 is 1.53 bits per heavy atom. The third kappa shape index (κ3) is 3.55. The van der Waals surface area contributed by atoms with E-state index in [4.69, 9.17) is 9.84 Å². The van der Waals surface area contributed by atoms with Gasteiger partial charge in [-0.15, -0.1) is 11.3 Å². The van der Waals surface area contributed by atoms with Crippen LogP contribution in [0.15, 0.2) is 11.4 Å². The molecule has 3 nitrogen and oxygen atoms in total. The highest BCUT2D eigenvalue weighted by Gasteiger charge is 2.09. The number of hydrogen-bond acceptors (Lipinski definition) is 3. The lowest BCUT2D eigenvalue weighted by Gasteiger charge is -2.12. The van der Waals surface area contributed by atoms with Gasteiger partial charge in [0.25, 0.3) is 0 Å². The van der Waals surface area contributed by atoms with E-state index in [1.54, 1.807) is 11.4 Å². The molecule has 1 aromatic rings. The van der Waals surface area contributed by atoms with Crippen LogP contribution < -0.4 is 4.74 Å². The van der Waals surface area contributed by atoms with Crippen LogP contribution in [0.3, 0.4) is 0 Å². The van der Waals surface area contributed by atoms with Crippen molar-refractivity contribution in [1.82, 2.24) is 0 Å². The van der Waals surface area contributed by atoms with Gasteiger partial charge in [0.2, 0.25) is 0 Å². The molecule has 1 heterocycles. The highest BCUT2D eigenvalue weighted by Crippen LogP contribution is 2.22. The lowest BCUT2D eigenvalue weighted by atomic mass is 10.1. The molecule has 0 aliphatic rings. The minimum Gasteiger partial charge on any atom is -0.492 e. The minimum atomic E-state index is -0.891. The van der Waals surface area contributed by atoms with Crippen molar-refractivity contribution in [1.29, 1.82) is 0 Å². The first kappa shape index (κ1) is 12.0. The Kier molecular flexibility index (Phi) is 4.62. The Hall–Kier alpha value is -1.03. The van der Waals surface area contributed by atoms with Crippen LogP contribution in [0.1, 0.15) is 36.4 Å². The van der Waals surface area contributed by atoms with Crippen LogP contribution in [0.4, 0.5) is 0 Å². The van der Waals surface area contributed by atoms with E-state index in [1.807, 2.05) is 0 Å². The number of ether oxygens (including phenoxy) is 1. The van der Waals surface area contributed by atoms with Crippen molar-refractivity contribution in [3.8, 4) is 5.75 Å². The Bertz CT molecular complexity index is 315. The first-order valence-electron chi connectivity index (χ1n) is 5.12. The Labute approximate surface area is 93.7 Å². The number of carboxylic acid groups (broad SMARTS) is 1. The summed E-state index contributed by atoms with van der Waals surface area (Å²) in [4.78, 5) is 10.9. The highest BCUT2D eigenvalue weighted by atomic mass is 32.1. The Morgan fingerprint density at radius 3 is 2.67 bits per heavy atom. The second-order valence-electron chi connectivity index (χ2n) is 3.45. The molecular formula is C11H16O3S. The van der Waals surface area contributed by atoms with Crippen LogP contribution in [0.25, 0.3) is 0 Å². The van der Waals surface area contributed by atoms with E-state index in [2.05, 4.69) is 13.8 Å². The fourth-order valence-electron chi connectivity index (χ4n) is 1.25. The molecule has 84 valence electrons. The molecule has 0 spiro atoms. The molecule has 0 fully saturated rings. The minimum absolute atomic E-state index is 0.328. The van der Waals surface area contributed by atoms with Crippen molar-refractivity contribution in [2.45, 2.75) is 26.7 Å². The molecule has 0 aliphatic heterocycles. The third-order valence-electron chi connectivity index (χ3n) is 2.43. The average Bonchev–Trinajstić information content (AvgIpc) is 2.68. The Balaban J connectivity index is 2.47. The lowest BCUT2D eigenvalue weighted by Crippen LogP contribution is -2.09. The molecule has 0 radical (unpaired) electrons. The van der Waals surface area contributed by atoms with Gasteiger partial charge in [0, 0.05) is 11.4 Å². The molecule has 0 aliphatic carbocycles. The largest absolute Gasteiger partial charge is 0.492 e. The summed E-state index contributed by atoms with van der Waals surface area (Å²) in [5.74, 6) is 0.333. The number of aromatic carboxylic acids is 1. The fraction of sp³-hybridized carbons (Fsp3) is 0.545. The number of thiophene rings is 1. The van der Waals surface area contributed by atoms with E-state index in [0.29, 0.717) is 23.2 Å². The molecule has 0 atom stereocenters. The molecule has 0 saturated heterocycles. The summed E-state index contributed by atoms with van der Waals surface area (Å²) in [6.45, 7) is 4.93. The van der Waals surface area contributed by atoms with Crippen molar-refractivity contribution < 1.29 is 14.6 Å². The van der Waals surface area contributed by atoms with E-state index >= 15 is 0 Å². The summed E-state index contributed by atoms with van der Waals surface area (Å²) in [5, 5.41) is 10.5. The van der Waals surface area contributed by atoms with Gasteiger partial charge < -0.3 is 9.84 Å². The Morgan fingerprint density at radius 2 is 2.20 bits per heavy atom. The monoisotopic (exact) mass is 228 g/mol. The molecule has 0 saturated carbocycles. The smallest absolute Gasteiger partial charge is 0.346 e. The van der Waals surface area contributed by atoms with Crippen molar-refractivity contribution in [3.05, 3.63) is 16.3 Å². The van der Waals surface area contributed by atoms with E-state index in [-0.39, 0.29) is 0 Å². The van der Waals surface area contributed by atoms with E-state index < -0.39 is 5.97 Å². The second-order valence-corrected chi connectivity index (χ2v) is 4.36. The lowest BCUT2D eigenvalue weighted by molar-refractivity contribution is 0.0702. The summed E-state index contributed by atoms with van der Waals surface area (Å²) >= 11 is 1.20. The molecular weight excluding hydrogens is 212 g/mol. The molecule has 0 unspecified atom stereocenters. The van der Waals surface area contributed by atoms with Gasteiger partial charge in [0.15, 0.2) is 0 Å². The van der Waals surface area contributed by atoms with Gasteiger partial charge in [-0.2, -0.15) is 0 Å². The zero-order valence-electron chi connectivity index (χ0n) is 9.03. The van der Waals surface area contributed by atoms with Gasteiger partial charge in [-0.1, -0.05) is 26.7 Å². The maximum absolute atomic E-state index is 10.6. The van der Waals surface area contributed by atoms with Crippen LogP contribution in [-0.4, -0.2) is 17.7 Å². The predicted molar refractivity (Wildman–Crippen MR) is 60.8 cm³/mol. The van der Waals surface area contributed by atoms with Crippen LogP contribution in [0, 0.1) is 5.92 Å². The summed E-state index contributed by atoms with van der Waals surface area (Å²) in [6, 6.07) is 1.58. The molecule has 1 rings (SSSR count). The first-order chi connectivity index (χ1) is 7.17.